The standard InChI is InChI=1S/C21H22ClN3O3/c1-25(14-16-6-3-4-7-18(16)22)20(26)9-5-8-19-23-21(24-28-19)15-10-12-17(27-2)13-11-15/h3-4,6-7,10-13H,5,8-9,14H2,1-2H3. The van der Waals surface area contributed by atoms with Gasteiger partial charge in [-0.05, 0) is 42.3 Å². The van der Waals surface area contributed by atoms with Crippen molar-refractivity contribution >= 4 is 17.5 Å². The molecule has 7 heteroatoms. The van der Waals surface area contributed by atoms with Gasteiger partial charge in [0, 0.05) is 37.0 Å². The van der Waals surface area contributed by atoms with Crippen LogP contribution in [0.2, 0.25) is 5.02 Å². The predicted octanol–water partition coefficient (Wildman–Crippen LogP) is 4.38. The summed E-state index contributed by atoms with van der Waals surface area (Å²) in [6.45, 7) is 0.487. The highest BCUT2D eigenvalue weighted by atomic mass is 35.5. The van der Waals surface area contributed by atoms with Gasteiger partial charge in [-0.2, -0.15) is 4.98 Å². The molecule has 1 aromatic heterocycles. The van der Waals surface area contributed by atoms with E-state index in [4.69, 9.17) is 20.9 Å². The summed E-state index contributed by atoms with van der Waals surface area (Å²) in [5, 5.41) is 4.67. The largest absolute Gasteiger partial charge is 0.497 e. The van der Waals surface area contributed by atoms with Crippen LogP contribution in [-0.2, 0) is 17.8 Å². The summed E-state index contributed by atoms with van der Waals surface area (Å²) in [6, 6.07) is 15.0. The van der Waals surface area contributed by atoms with Gasteiger partial charge in [0.05, 0.1) is 7.11 Å². The van der Waals surface area contributed by atoms with E-state index in [-0.39, 0.29) is 5.91 Å². The van der Waals surface area contributed by atoms with Gasteiger partial charge in [-0.25, -0.2) is 0 Å². The molecule has 6 nitrogen and oxygen atoms in total. The molecule has 1 amide bonds. The van der Waals surface area contributed by atoms with Crippen molar-refractivity contribution in [1.82, 2.24) is 15.0 Å². The highest BCUT2D eigenvalue weighted by Crippen LogP contribution is 2.20. The molecular formula is C21H22ClN3O3. The molecule has 0 aliphatic rings. The van der Waals surface area contributed by atoms with Gasteiger partial charge in [0.15, 0.2) is 0 Å². The molecule has 0 aliphatic heterocycles. The highest BCUT2D eigenvalue weighted by molar-refractivity contribution is 6.31. The number of ether oxygens (including phenoxy) is 1. The average Bonchev–Trinajstić information content (AvgIpc) is 3.18. The minimum Gasteiger partial charge on any atom is -0.497 e. The van der Waals surface area contributed by atoms with Crippen LogP contribution in [0.1, 0.15) is 24.3 Å². The first kappa shape index (κ1) is 19.9. The fraction of sp³-hybridized carbons (Fsp3) is 0.286. The lowest BCUT2D eigenvalue weighted by Crippen LogP contribution is -2.26. The molecule has 28 heavy (non-hydrogen) atoms. The number of aromatic nitrogens is 2. The van der Waals surface area contributed by atoms with Gasteiger partial charge < -0.3 is 14.2 Å². The Morgan fingerprint density at radius 2 is 1.93 bits per heavy atom. The minimum atomic E-state index is 0.0508. The minimum absolute atomic E-state index is 0.0508. The number of rotatable bonds is 8. The third-order valence-corrected chi connectivity index (χ3v) is 4.76. The molecule has 2 aromatic carbocycles. The van der Waals surface area contributed by atoms with Crippen molar-refractivity contribution in [2.75, 3.05) is 14.2 Å². The number of methoxy groups -OCH3 is 1. The molecule has 0 saturated carbocycles. The van der Waals surface area contributed by atoms with E-state index in [9.17, 15) is 4.79 Å². The fourth-order valence-corrected chi connectivity index (χ4v) is 2.96. The highest BCUT2D eigenvalue weighted by Gasteiger charge is 2.13. The Labute approximate surface area is 169 Å². The fourth-order valence-electron chi connectivity index (χ4n) is 2.77. The summed E-state index contributed by atoms with van der Waals surface area (Å²) in [6.07, 6.45) is 1.59. The Balaban J connectivity index is 1.48. The lowest BCUT2D eigenvalue weighted by molar-refractivity contribution is -0.130. The number of carbonyl (C=O) groups is 1. The van der Waals surface area contributed by atoms with Gasteiger partial charge in [-0.3, -0.25) is 4.79 Å². The number of benzene rings is 2. The van der Waals surface area contributed by atoms with Gasteiger partial charge in [-0.15, -0.1) is 0 Å². The van der Waals surface area contributed by atoms with Gasteiger partial charge in [0.1, 0.15) is 5.75 Å². The molecule has 0 unspecified atom stereocenters. The number of amides is 1. The zero-order valence-electron chi connectivity index (χ0n) is 15.9. The Hall–Kier alpha value is -2.86. The van der Waals surface area contributed by atoms with Crippen LogP contribution >= 0.6 is 11.6 Å². The van der Waals surface area contributed by atoms with Crippen LogP contribution in [0.15, 0.2) is 53.1 Å². The van der Waals surface area contributed by atoms with Gasteiger partial charge in [0.25, 0.3) is 0 Å². The third kappa shape index (κ3) is 5.10. The molecule has 146 valence electrons. The molecule has 0 spiro atoms. The number of nitrogens with zero attached hydrogens (tertiary/aromatic N) is 3. The van der Waals surface area contributed by atoms with Crippen molar-refractivity contribution in [2.45, 2.75) is 25.8 Å². The lowest BCUT2D eigenvalue weighted by Gasteiger charge is -2.17. The molecule has 0 saturated heterocycles. The second kappa shape index (κ2) is 9.37. The predicted molar refractivity (Wildman–Crippen MR) is 107 cm³/mol. The van der Waals surface area contributed by atoms with Crippen LogP contribution in [0.25, 0.3) is 11.4 Å². The first-order valence-electron chi connectivity index (χ1n) is 9.01. The molecule has 3 rings (SSSR count). The van der Waals surface area contributed by atoms with E-state index in [0.717, 1.165) is 16.9 Å². The molecule has 3 aromatic rings. The van der Waals surface area contributed by atoms with Crippen LogP contribution in [0.5, 0.6) is 5.75 Å². The molecule has 1 heterocycles. The Bertz CT molecular complexity index is 925. The number of hydrogen-bond donors (Lipinski definition) is 0. The van der Waals surface area contributed by atoms with E-state index in [0.29, 0.717) is 42.5 Å². The van der Waals surface area contributed by atoms with Crippen molar-refractivity contribution in [3.63, 3.8) is 0 Å². The number of halogens is 1. The SMILES string of the molecule is COc1ccc(-c2noc(CCCC(=O)N(C)Cc3ccccc3Cl)n2)cc1. The van der Waals surface area contributed by atoms with E-state index in [1.54, 1.807) is 19.1 Å². The number of aryl methyl sites for hydroxylation is 1. The van der Waals surface area contributed by atoms with Crippen LogP contribution in [0, 0.1) is 0 Å². The normalized spacial score (nSPS) is 10.7. The zero-order chi connectivity index (χ0) is 19.9. The first-order valence-corrected chi connectivity index (χ1v) is 9.39. The maximum absolute atomic E-state index is 12.3. The monoisotopic (exact) mass is 399 g/mol. The van der Waals surface area contributed by atoms with Crippen LogP contribution in [-0.4, -0.2) is 35.1 Å². The Morgan fingerprint density at radius 3 is 2.64 bits per heavy atom. The molecular weight excluding hydrogens is 378 g/mol. The zero-order valence-corrected chi connectivity index (χ0v) is 16.6. The summed E-state index contributed by atoms with van der Waals surface area (Å²) in [4.78, 5) is 18.4. The van der Waals surface area contributed by atoms with E-state index in [1.165, 1.54) is 0 Å². The molecule has 0 N–H and O–H groups in total. The molecule has 0 radical (unpaired) electrons. The average molecular weight is 400 g/mol. The number of hydrogen-bond acceptors (Lipinski definition) is 5. The second-order valence-corrected chi connectivity index (χ2v) is 6.84. The summed E-state index contributed by atoms with van der Waals surface area (Å²) in [5.41, 5.74) is 1.78. The quantitative estimate of drug-likeness (QED) is 0.562. The summed E-state index contributed by atoms with van der Waals surface area (Å²) >= 11 is 6.15. The molecule has 0 fully saturated rings. The third-order valence-electron chi connectivity index (χ3n) is 4.39. The maximum Gasteiger partial charge on any atom is 0.226 e. The summed E-state index contributed by atoms with van der Waals surface area (Å²) in [5.74, 6) is 1.87. The Morgan fingerprint density at radius 1 is 1.18 bits per heavy atom. The first-order chi connectivity index (χ1) is 13.6. The summed E-state index contributed by atoms with van der Waals surface area (Å²) in [7, 11) is 3.40. The van der Waals surface area contributed by atoms with Crippen LogP contribution in [0.3, 0.4) is 0 Å². The van der Waals surface area contributed by atoms with E-state index >= 15 is 0 Å². The maximum atomic E-state index is 12.3. The van der Waals surface area contributed by atoms with Crippen LogP contribution < -0.4 is 4.74 Å². The van der Waals surface area contributed by atoms with Crippen molar-refractivity contribution in [3.8, 4) is 17.1 Å². The topological polar surface area (TPSA) is 68.5 Å². The molecule has 0 atom stereocenters. The molecule has 0 bridgehead atoms. The smallest absolute Gasteiger partial charge is 0.226 e. The van der Waals surface area contributed by atoms with Crippen molar-refractivity contribution < 1.29 is 14.1 Å². The van der Waals surface area contributed by atoms with Gasteiger partial charge >= 0.3 is 0 Å². The van der Waals surface area contributed by atoms with E-state index in [1.807, 2.05) is 48.5 Å². The Kier molecular flexibility index (Phi) is 6.66. The lowest BCUT2D eigenvalue weighted by atomic mass is 10.2. The summed E-state index contributed by atoms with van der Waals surface area (Å²) < 4.78 is 10.4. The van der Waals surface area contributed by atoms with Gasteiger partial charge in [0.2, 0.25) is 17.6 Å². The van der Waals surface area contributed by atoms with Crippen LogP contribution in [0.4, 0.5) is 0 Å². The van der Waals surface area contributed by atoms with Crippen molar-refractivity contribution in [3.05, 3.63) is 65.0 Å². The van der Waals surface area contributed by atoms with E-state index < -0.39 is 0 Å². The van der Waals surface area contributed by atoms with Gasteiger partial charge in [-0.1, -0.05) is 35.0 Å². The molecule has 0 aliphatic carbocycles. The second-order valence-electron chi connectivity index (χ2n) is 6.43. The van der Waals surface area contributed by atoms with E-state index in [2.05, 4.69) is 10.1 Å². The van der Waals surface area contributed by atoms with Crippen molar-refractivity contribution in [1.29, 1.82) is 0 Å². The number of carbonyl (C=O) groups excluding carboxylic acids is 1. The van der Waals surface area contributed by atoms with Crippen molar-refractivity contribution in [2.24, 2.45) is 0 Å².